The van der Waals surface area contributed by atoms with Gasteiger partial charge in [0.05, 0.1) is 10.7 Å². The number of aryl methyl sites for hydroxylation is 2. The van der Waals surface area contributed by atoms with Gasteiger partial charge in [-0.2, -0.15) is 5.10 Å². The Balaban J connectivity index is 1.36. The predicted octanol–water partition coefficient (Wildman–Crippen LogP) is 2.76. The average molecular weight is 418 g/mol. The van der Waals surface area contributed by atoms with Gasteiger partial charge in [0.2, 0.25) is 0 Å². The molecular formula is C21H35N7S. The molecule has 0 bridgehead atoms. The van der Waals surface area contributed by atoms with E-state index in [1.165, 1.54) is 23.5 Å². The molecule has 1 aliphatic rings. The van der Waals surface area contributed by atoms with E-state index in [0.717, 1.165) is 64.6 Å². The highest BCUT2D eigenvalue weighted by atomic mass is 32.1. The minimum atomic E-state index is 0.674. The van der Waals surface area contributed by atoms with Crippen LogP contribution in [0.3, 0.4) is 0 Å². The Kier molecular flexibility index (Phi) is 8.95. The molecule has 0 spiro atoms. The zero-order chi connectivity index (χ0) is 20.3. The summed E-state index contributed by atoms with van der Waals surface area (Å²) < 4.78 is 1.97. The molecular weight excluding hydrogens is 382 g/mol. The highest BCUT2D eigenvalue weighted by molar-refractivity contribution is 7.09. The SMILES string of the molecule is CCNC(=NCC1CCN(Cc2csc(CC)n2)CC1)NCCCn1cccn1. The third-order valence-corrected chi connectivity index (χ3v) is 6.30. The fraction of sp³-hybridized carbons (Fsp3) is 0.667. The van der Waals surface area contributed by atoms with Crippen molar-refractivity contribution in [3.63, 3.8) is 0 Å². The molecule has 3 rings (SSSR count). The van der Waals surface area contributed by atoms with Crippen molar-refractivity contribution in [3.05, 3.63) is 34.5 Å². The van der Waals surface area contributed by atoms with E-state index in [1.54, 1.807) is 11.3 Å². The van der Waals surface area contributed by atoms with Crippen molar-refractivity contribution < 1.29 is 0 Å². The molecule has 0 radical (unpaired) electrons. The normalized spacial score (nSPS) is 16.3. The van der Waals surface area contributed by atoms with Crippen LogP contribution >= 0.6 is 11.3 Å². The molecule has 0 aliphatic carbocycles. The van der Waals surface area contributed by atoms with E-state index in [2.05, 4.69) is 39.9 Å². The van der Waals surface area contributed by atoms with Crippen LogP contribution in [0, 0.1) is 5.92 Å². The van der Waals surface area contributed by atoms with Crippen molar-refractivity contribution in [1.82, 2.24) is 30.3 Å². The first-order valence-corrected chi connectivity index (χ1v) is 11.8. The van der Waals surface area contributed by atoms with Crippen LogP contribution in [0.1, 0.15) is 43.8 Å². The van der Waals surface area contributed by atoms with Crippen molar-refractivity contribution in [2.24, 2.45) is 10.9 Å². The molecule has 8 heteroatoms. The van der Waals surface area contributed by atoms with Crippen LogP contribution in [0.5, 0.6) is 0 Å². The summed E-state index contributed by atoms with van der Waals surface area (Å²) in [7, 11) is 0. The maximum Gasteiger partial charge on any atom is 0.191 e. The maximum atomic E-state index is 4.84. The van der Waals surface area contributed by atoms with Gasteiger partial charge in [-0.15, -0.1) is 11.3 Å². The summed E-state index contributed by atoms with van der Waals surface area (Å²) in [4.78, 5) is 12.1. The number of hydrogen-bond acceptors (Lipinski definition) is 5. The first-order chi connectivity index (χ1) is 14.3. The van der Waals surface area contributed by atoms with Crippen LogP contribution in [-0.2, 0) is 19.5 Å². The number of rotatable bonds is 10. The molecule has 2 aromatic heterocycles. The van der Waals surface area contributed by atoms with Gasteiger partial charge in [0.25, 0.3) is 0 Å². The Hall–Kier alpha value is -1.93. The molecule has 0 amide bonds. The standard InChI is InChI=1S/C21H35N7S/c1-3-20-26-19(17-29-20)16-27-13-7-18(8-14-27)15-24-21(22-4-2)23-9-5-11-28-12-6-10-25-28/h6,10,12,17-18H,3-5,7-9,11,13-16H2,1-2H3,(H2,22,23,24). The zero-order valence-corrected chi connectivity index (χ0v) is 18.6. The lowest BCUT2D eigenvalue weighted by Crippen LogP contribution is -2.39. The minimum absolute atomic E-state index is 0.674. The zero-order valence-electron chi connectivity index (χ0n) is 17.8. The van der Waals surface area contributed by atoms with Gasteiger partial charge in [-0.25, -0.2) is 4.98 Å². The quantitative estimate of drug-likeness (QED) is 0.353. The van der Waals surface area contributed by atoms with Crippen molar-refractivity contribution >= 4 is 17.3 Å². The number of aliphatic imine (C=N–C) groups is 1. The average Bonchev–Trinajstić information content (AvgIpc) is 3.42. The number of thiazole rings is 1. The van der Waals surface area contributed by atoms with E-state index < -0.39 is 0 Å². The monoisotopic (exact) mass is 417 g/mol. The van der Waals surface area contributed by atoms with Crippen LogP contribution in [0.15, 0.2) is 28.8 Å². The summed E-state index contributed by atoms with van der Waals surface area (Å²) in [6, 6.07) is 1.96. The predicted molar refractivity (Wildman–Crippen MR) is 120 cm³/mol. The van der Waals surface area contributed by atoms with Crippen LogP contribution in [0.25, 0.3) is 0 Å². The second kappa shape index (κ2) is 11.9. The molecule has 2 aromatic rings. The van der Waals surface area contributed by atoms with Gasteiger partial charge < -0.3 is 10.6 Å². The van der Waals surface area contributed by atoms with Crippen LogP contribution in [0.4, 0.5) is 0 Å². The Bertz CT molecular complexity index is 717. The number of hydrogen-bond donors (Lipinski definition) is 2. The first-order valence-electron chi connectivity index (χ1n) is 10.9. The van der Waals surface area contributed by atoms with E-state index in [0.29, 0.717) is 5.92 Å². The molecule has 7 nitrogen and oxygen atoms in total. The van der Waals surface area contributed by atoms with E-state index >= 15 is 0 Å². The lowest BCUT2D eigenvalue weighted by atomic mass is 9.97. The summed E-state index contributed by atoms with van der Waals surface area (Å²) in [6.07, 6.45) is 8.32. The highest BCUT2D eigenvalue weighted by Crippen LogP contribution is 2.20. The Labute approximate surface area is 178 Å². The van der Waals surface area contributed by atoms with E-state index in [1.807, 2.05) is 23.1 Å². The van der Waals surface area contributed by atoms with Crippen molar-refractivity contribution in [2.75, 3.05) is 32.7 Å². The van der Waals surface area contributed by atoms with E-state index in [-0.39, 0.29) is 0 Å². The smallest absolute Gasteiger partial charge is 0.191 e. The molecule has 1 fully saturated rings. The first kappa shape index (κ1) is 21.8. The molecule has 2 N–H and O–H groups in total. The second-order valence-electron chi connectivity index (χ2n) is 7.57. The summed E-state index contributed by atoms with van der Waals surface area (Å²) in [5.74, 6) is 1.61. The van der Waals surface area contributed by atoms with Gasteiger partial charge in [-0.3, -0.25) is 14.6 Å². The lowest BCUT2D eigenvalue weighted by molar-refractivity contribution is 0.179. The topological polar surface area (TPSA) is 70.4 Å². The molecule has 0 aromatic carbocycles. The van der Waals surface area contributed by atoms with Crippen molar-refractivity contribution in [1.29, 1.82) is 0 Å². The Morgan fingerprint density at radius 2 is 2.14 bits per heavy atom. The van der Waals surface area contributed by atoms with Gasteiger partial charge in [-0.05, 0) is 57.7 Å². The number of aromatic nitrogens is 3. The van der Waals surface area contributed by atoms with E-state index in [4.69, 9.17) is 9.98 Å². The molecule has 1 saturated heterocycles. The molecule has 160 valence electrons. The fourth-order valence-electron chi connectivity index (χ4n) is 3.58. The second-order valence-corrected chi connectivity index (χ2v) is 8.52. The van der Waals surface area contributed by atoms with Crippen LogP contribution in [-0.4, -0.2) is 58.3 Å². The number of piperidine rings is 1. The molecule has 0 atom stereocenters. The maximum absolute atomic E-state index is 4.84. The summed E-state index contributed by atoms with van der Waals surface area (Å²) >= 11 is 1.79. The molecule has 3 heterocycles. The Morgan fingerprint density at radius 1 is 1.28 bits per heavy atom. The van der Waals surface area contributed by atoms with Gasteiger partial charge in [0.1, 0.15) is 0 Å². The third-order valence-electron chi connectivity index (χ3n) is 5.26. The van der Waals surface area contributed by atoms with E-state index in [9.17, 15) is 0 Å². The van der Waals surface area contributed by atoms with Crippen LogP contribution < -0.4 is 10.6 Å². The Morgan fingerprint density at radius 3 is 2.83 bits per heavy atom. The molecule has 0 unspecified atom stereocenters. The van der Waals surface area contributed by atoms with Crippen molar-refractivity contribution in [3.8, 4) is 0 Å². The lowest BCUT2D eigenvalue weighted by Gasteiger charge is -2.30. The number of likely N-dealkylation sites (tertiary alicyclic amines) is 1. The largest absolute Gasteiger partial charge is 0.357 e. The summed E-state index contributed by atoms with van der Waals surface area (Å²) in [5.41, 5.74) is 1.23. The summed E-state index contributed by atoms with van der Waals surface area (Å²) in [6.45, 7) is 11.2. The minimum Gasteiger partial charge on any atom is -0.357 e. The highest BCUT2D eigenvalue weighted by Gasteiger charge is 2.19. The van der Waals surface area contributed by atoms with Crippen LogP contribution in [0.2, 0.25) is 0 Å². The van der Waals surface area contributed by atoms with Gasteiger partial charge in [0.15, 0.2) is 5.96 Å². The van der Waals surface area contributed by atoms with Gasteiger partial charge in [0, 0.05) is 50.5 Å². The molecule has 0 saturated carbocycles. The van der Waals surface area contributed by atoms with Crippen molar-refractivity contribution in [2.45, 2.75) is 52.6 Å². The molecule has 29 heavy (non-hydrogen) atoms. The number of guanidine groups is 1. The molecule has 1 aliphatic heterocycles. The fourth-order valence-corrected chi connectivity index (χ4v) is 4.32. The van der Waals surface area contributed by atoms with Gasteiger partial charge >= 0.3 is 0 Å². The summed E-state index contributed by atoms with van der Waals surface area (Å²) in [5, 5.41) is 14.5. The van der Waals surface area contributed by atoms with Gasteiger partial charge in [-0.1, -0.05) is 6.92 Å². The number of nitrogens with zero attached hydrogens (tertiary/aromatic N) is 5. The third kappa shape index (κ3) is 7.44. The number of nitrogens with one attached hydrogen (secondary N) is 2.